The van der Waals surface area contributed by atoms with Crippen LogP contribution in [0.15, 0.2) is 0 Å². The van der Waals surface area contributed by atoms with Crippen LogP contribution in [0, 0.1) is 5.92 Å². The lowest BCUT2D eigenvalue weighted by Crippen LogP contribution is -2.28. The quantitative estimate of drug-likeness (QED) is 0.534. The molecule has 1 heterocycles. The van der Waals surface area contributed by atoms with Gasteiger partial charge in [0.25, 0.3) is 0 Å². The van der Waals surface area contributed by atoms with E-state index in [1.54, 1.807) is 7.11 Å². The Bertz CT molecular complexity index is 83.0. The molecule has 1 aliphatic heterocycles. The maximum Gasteiger partial charge on any atom is 0.159 e. The number of rotatable bonds is 1. The summed E-state index contributed by atoms with van der Waals surface area (Å²) >= 11 is 0. The van der Waals surface area contributed by atoms with Gasteiger partial charge in [0.1, 0.15) is 0 Å². The summed E-state index contributed by atoms with van der Waals surface area (Å²) in [4.78, 5) is 0. The zero-order chi connectivity index (χ0) is 6.69. The van der Waals surface area contributed by atoms with E-state index in [0.29, 0.717) is 5.92 Å². The SMILES string of the molecule is CO[C@@H]1OCCC[C@H]1C. The van der Waals surface area contributed by atoms with Gasteiger partial charge in [0, 0.05) is 19.6 Å². The second kappa shape index (κ2) is 3.18. The summed E-state index contributed by atoms with van der Waals surface area (Å²) < 4.78 is 10.4. The Morgan fingerprint density at radius 1 is 1.56 bits per heavy atom. The van der Waals surface area contributed by atoms with Crippen molar-refractivity contribution in [3.05, 3.63) is 0 Å². The van der Waals surface area contributed by atoms with Gasteiger partial charge in [0.2, 0.25) is 0 Å². The molecule has 0 bridgehead atoms. The zero-order valence-electron chi connectivity index (χ0n) is 6.09. The summed E-state index contributed by atoms with van der Waals surface area (Å²) in [5.41, 5.74) is 0. The van der Waals surface area contributed by atoms with E-state index in [9.17, 15) is 0 Å². The lowest BCUT2D eigenvalue weighted by Gasteiger charge is -2.27. The van der Waals surface area contributed by atoms with Crippen LogP contribution in [-0.4, -0.2) is 20.0 Å². The van der Waals surface area contributed by atoms with Gasteiger partial charge in [-0.2, -0.15) is 0 Å². The average Bonchev–Trinajstić information content (AvgIpc) is 1.89. The molecule has 0 aromatic rings. The van der Waals surface area contributed by atoms with Crippen molar-refractivity contribution in [2.45, 2.75) is 26.1 Å². The van der Waals surface area contributed by atoms with Crippen LogP contribution in [0.25, 0.3) is 0 Å². The Morgan fingerprint density at radius 2 is 2.33 bits per heavy atom. The second-order valence-electron chi connectivity index (χ2n) is 2.59. The molecule has 1 saturated heterocycles. The van der Waals surface area contributed by atoms with Gasteiger partial charge in [-0.25, -0.2) is 0 Å². The van der Waals surface area contributed by atoms with Crippen LogP contribution in [0.1, 0.15) is 19.8 Å². The van der Waals surface area contributed by atoms with Gasteiger partial charge in [-0.1, -0.05) is 6.92 Å². The second-order valence-corrected chi connectivity index (χ2v) is 2.59. The van der Waals surface area contributed by atoms with E-state index in [0.717, 1.165) is 6.61 Å². The molecule has 2 nitrogen and oxygen atoms in total. The smallest absolute Gasteiger partial charge is 0.159 e. The molecule has 0 amide bonds. The van der Waals surface area contributed by atoms with Crippen molar-refractivity contribution < 1.29 is 9.47 Å². The summed E-state index contributed by atoms with van der Waals surface area (Å²) in [7, 11) is 1.70. The highest BCUT2D eigenvalue weighted by molar-refractivity contribution is 4.61. The number of ether oxygens (including phenoxy) is 2. The van der Waals surface area contributed by atoms with Crippen LogP contribution in [0.3, 0.4) is 0 Å². The Hall–Kier alpha value is -0.0800. The van der Waals surface area contributed by atoms with Crippen LogP contribution in [0.2, 0.25) is 0 Å². The minimum absolute atomic E-state index is 0.0544. The highest BCUT2D eigenvalue weighted by atomic mass is 16.7. The Labute approximate surface area is 56.2 Å². The molecular weight excluding hydrogens is 116 g/mol. The van der Waals surface area contributed by atoms with Crippen LogP contribution < -0.4 is 0 Å². The molecule has 1 aliphatic rings. The third kappa shape index (κ3) is 1.66. The number of hydrogen-bond donors (Lipinski definition) is 0. The molecule has 0 unspecified atom stereocenters. The monoisotopic (exact) mass is 130 g/mol. The first-order chi connectivity index (χ1) is 4.34. The van der Waals surface area contributed by atoms with Gasteiger partial charge in [-0.05, 0) is 12.8 Å². The topological polar surface area (TPSA) is 18.5 Å². The third-order valence-electron chi connectivity index (χ3n) is 1.78. The van der Waals surface area contributed by atoms with Crippen molar-refractivity contribution in [1.82, 2.24) is 0 Å². The Balaban J connectivity index is 2.30. The van der Waals surface area contributed by atoms with Gasteiger partial charge >= 0.3 is 0 Å². The maximum absolute atomic E-state index is 5.32. The third-order valence-corrected chi connectivity index (χ3v) is 1.78. The molecule has 54 valence electrons. The first-order valence-electron chi connectivity index (χ1n) is 3.49. The highest BCUT2D eigenvalue weighted by Crippen LogP contribution is 2.19. The van der Waals surface area contributed by atoms with Crippen molar-refractivity contribution in [2.75, 3.05) is 13.7 Å². The molecule has 1 fully saturated rings. The van der Waals surface area contributed by atoms with Gasteiger partial charge in [-0.3, -0.25) is 0 Å². The summed E-state index contributed by atoms with van der Waals surface area (Å²) in [5.74, 6) is 0.573. The molecule has 0 N–H and O–H groups in total. The fourth-order valence-corrected chi connectivity index (χ4v) is 1.21. The van der Waals surface area contributed by atoms with Crippen molar-refractivity contribution in [3.8, 4) is 0 Å². The fraction of sp³-hybridized carbons (Fsp3) is 1.00. The molecule has 9 heavy (non-hydrogen) atoms. The number of hydrogen-bond acceptors (Lipinski definition) is 2. The van der Waals surface area contributed by atoms with Gasteiger partial charge in [-0.15, -0.1) is 0 Å². The summed E-state index contributed by atoms with van der Waals surface area (Å²) in [6.07, 6.45) is 2.47. The Kier molecular flexibility index (Phi) is 2.49. The van der Waals surface area contributed by atoms with Crippen molar-refractivity contribution in [2.24, 2.45) is 5.92 Å². The molecule has 0 radical (unpaired) electrons. The predicted octanol–water partition coefficient (Wildman–Crippen LogP) is 1.41. The van der Waals surface area contributed by atoms with E-state index in [1.165, 1.54) is 12.8 Å². The summed E-state index contributed by atoms with van der Waals surface area (Å²) in [6.45, 7) is 3.02. The van der Waals surface area contributed by atoms with E-state index in [-0.39, 0.29) is 6.29 Å². The standard InChI is InChI=1S/C7H14O2/c1-6-4-3-5-9-7(6)8-2/h6-7H,3-5H2,1-2H3/t6-,7-/m1/s1. The normalized spacial score (nSPS) is 36.7. The van der Waals surface area contributed by atoms with Crippen LogP contribution >= 0.6 is 0 Å². The van der Waals surface area contributed by atoms with E-state index in [1.807, 2.05) is 0 Å². The van der Waals surface area contributed by atoms with E-state index in [2.05, 4.69) is 6.92 Å². The molecule has 1 rings (SSSR count). The van der Waals surface area contributed by atoms with Gasteiger partial charge in [0.05, 0.1) is 0 Å². The number of methoxy groups -OCH3 is 1. The predicted molar refractivity (Wildman–Crippen MR) is 35.1 cm³/mol. The van der Waals surface area contributed by atoms with Gasteiger partial charge < -0.3 is 9.47 Å². The van der Waals surface area contributed by atoms with E-state index in [4.69, 9.17) is 9.47 Å². The first kappa shape index (κ1) is 7.03. The zero-order valence-corrected chi connectivity index (χ0v) is 6.09. The minimum atomic E-state index is 0.0544. The lowest BCUT2D eigenvalue weighted by atomic mass is 10.0. The molecule has 0 aliphatic carbocycles. The molecule has 0 saturated carbocycles. The minimum Gasteiger partial charge on any atom is -0.356 e. The molecule has 0 aromatic carbocycles. The van der Waals surface area contributed by atoms with E-state index >= 15 is 0 Å². The van der Waals surface area contributed by atoms with Crippen molar-refractivity contribution in [1.29, 1.82) is 0 Å². The van der Waals surface area contributed by atoms with E-state index < -0.39 is 0 Å². The van der Waals surface area contributed by atoms with Crippen LogP contribution in [-0.2, 0) is 9.47 Å². The van der Waals surface area contributed by atoms with Gasteiger partial charge in [0.15, 0.2) is 6.29 Å². The molecule has 0 spiro atoms. The first-order valence-corrected chi connectivity index (χ1v) is 3.49. The average molecular weight is 130 g/mol. The fourth-order valence-electron chi connectivity index (χ4n) is 1.21. The van der Waals surface area contributed by atoms with Crippen molar-refractivity contribution >= 4 is 0 Å². The summed E-state index contributed by atoms with van der Waals surface area (Å²) in [5, 5.41) is 0. The maximum atomic E-state index is 5.32. The largest absolute Gasteiger partial charge is 0.356 e. The van der Waals surface area contributed by atoms with Crippen LogP contribution in [0.5, 0.6) is 0 Å². The van der Waals surface area contributed by atoms with Crippen LogP contribution in [0.4, 0.5) is 0 Å². The van der Waals surface area contributed by atoms with Crippen molar-refractivity contribution in [3.63, 3.8) is 0 Å². The lowest BCUT2D eigenvalue weighted by molar-refractivity contribution is -0.173. The summed E-state index contributed by atoms with van der Waals surface area (Å²) in [6, 6.07) is 0. The molecule has 2 atom stereocenters. The molecule has 2 heteroatoms. The molecule has 0 aromatic heterocycles. The Morgan fingerprint density at radius 3 is 2.78 bits per heavy atom. The molecular formula is C7H14O2. The highest BCUT2D eigenvalue weighted by Gasteiger charge is 2.20.